The molecule has 134 valence electrons. The normalized spacial score (nSPS) is 14.2. The molecule has 27 heavy (non-hydrogen) atoms. The topological polar surface area (TPSA) is 59.7 Å². The van der Waals surface area contributed by atoms with E-state index in [4.69, 9.17) is 9.72 Å². The van der Waals surface area contributed by atoms with Gasteiger partial charge in [-0.3, -0.25) is 9.38 Å². The number of imidazole rings is 1. The van der Waals surface area contributed by atoms with E-state index in [1.807, 2.05) is 42.9 Å². The molecule has 1 N–H and O–H groups in total. The van der Waals surface area contributed by atoms with Gasteiger partial charge in [-0.1, -0.05) is 6.42 Å². The van der Waals surface area contributed by atoms with Crippen molar-refractivity contribution in [3.8, 4) is 28.5 Å². The van der Waals surface area contributed by atoms with Crippen LogP contribution in [0.25, 0.3) is 16.8 Å². The number of aromatic nitrogens is 3. The maximum absolute atomic E-state index is 9.37. The highest BCUT2D eigenvalue weighted by molar-refractivity contribution is 5.77. The first-order chi connectivity index (χ1) is 13.3. The molecule has 0 radical (unpaired) electrons. The third kappa shape index (κ3) is 2.91. The molecule has 2 aromatic carbocycles. The Kier molecular flexibility index (Phi) is 3.78. The summed E-state index contributed by atoms with van der Waals surface area (Å²) in [5.74, 6) is 3.33. The molecule has 0 spiro atoms. The monoisotopic (exact) mass is 357 g/mol. The minimum absolute atomic E-state index is 0.222. The van der Waals surface area contributed by atoms with Gasteiger partial charge in [0.15, 0.2) is 0 Å². The Bertz CT molecular complexity index is 1080. The largest absolute Gasteiger partial charge is 0.508 e. The van der Waals surface area contributed by atoms with Gasteiger partial charge in [0.1, 0.15) is 23.1 Å². The zero-order valence-electron chi connectivity index (χ0n) is 14.7. The summed E-state index contributed by atoms with van der Waals surface area (Å²) in [6.45, 7) is 0. The molecule has 1 aliphatic carbocycles. The number of aromatic hydroxyl groups is 1. The number of nitrogens with zero attached hydrogens (tertiary/aromatic N) is 3. The second kappa shape index (κ2) is 6.43. The molecule has 2 heterocycles. The average molecular weight is 357 g/mol. The van der Waals surface area contributed by atoms with Gasteiger partial charge in [-0.05, 0) is 61.4 Å². The Morgan fingerprint density at radius 3 is 2.33 bits per heavy atom. The van der Waals surface area contributed by atoms with Crippen LogP contribution in [0.2, 0.25) is 0 Å². The molecule has 0 atom stereocenters. The third-order valence-electron chi connectivity index (χ3n) is 5.14. The highest BCUT2D eigenvalue weighted by Gasteiger charge is 2.25. The lowest BCUT2D eigenvalue weighted by molar-refractivity contribution is 0.400. The van der Waals surface area contributed by atoms with E-state index in [0.29, 0.717) is 11.7 Å². The molecule has 0 saturated heterocycles. The van der Waals surface area contributed by atoms with Crippen LogP contribution >= 0.6 is 0 Å². The van der Waals surface area contributed by atoms with Crippen LogP contribution in [-0.2, 0) is 0 Å². The molecule has 0 aliphatic heterocycles. The lowest BCUT2D eigenvalue weighted by Crippen LogP contribution is -2.12. The maximum Gasteiger partial charge on any atom is 0.127 e. The van der Waals surface area contributed by atoms with Gasteiger partial charge in [0.05, 0.1) is 17.4 Å². The molecular formula is C22H19N3O2. The van der Waals surface area contributed by atoms with Crippen LogP contribution in [0.15, 0.2) is 67.1 Å². The van der Waals surface area contributed by atoms with Crippen LogP contribution in [-0.4, -0.2) is 19.5 Å². The number of phenolic OH excluding ortho intramolecular Hbond substituents is 1. The first-order valence-electron chi connectivity index (χ1n) is 9.17. The van der Waals surface area contributed by atoms with Crippen molar-refractivity contribution in [3.63, 3.8) is 0 Å². The number of rotatable bonds is 4. The van der Waals surface area contributed by atoms with Gasteiger partial charge >= 0.3 is 0 Å². The summed E-state index contributed by atoms with van der Waals surface area (Å²) in [7, 11) is 0. The first-order valence-corrected chi connectivity index (χ1v) is 9.17. The molecule has 5 nitrogen and oxygen atoms in total. The Hall–Kier alpha value is -3.34. The van der Waals surface area contributed by atoms with Gasteiger partial charge in [-0.2, -0.15) is 0 Å². The number of ether oxygens (including phenoxy) is 1. The van der Waals surface area contributed by atoms with Crippen molar-refractivity contribution in [2.75, 3.05) is 0 Å². The zero-order chi connectivity index (χ0) is 18.2. The number of fused-ring (bicyclic) bond motifs is 1. The van der Waals surface area contributed by atoms with Gasteiger partial charge in [0.25, 0.3) is 0 Å². The third-order valence-corrected chi connectivity index (χ3v) is 5.14. The number of hydrogen-bond acceptors (Lipinski definition) is 4. The van der Waals surface area contributed by atoms with Crippen LogP contribution in [0.1, 0.15) is 31.0 Å². The SMILES string of the molecule is Oc1ccc(Oc2ccc(-c3nc(C4CCC4)n4ccncc34)cc2)cc1. The van der Waals surface area contributed by atoms with E-state index in [9.17, 15) is 5.11 Å². The summed E-state index contributed by atoms with van der Waals surface area (Å²) in [5, 5.41) is 9.37. The average Bonchev–Trinajstić information content (AvgIpc) is 3.02. The summed E-state index contributed by atoms with van der Waals surface area (Å²) in [6.07, 6.45) is 9.40. The minimum Gasteiger partial charge on any atom is -0.508 e. The first kappa shape index (κ1) is 15.9. The second-order valence-electron chi connectivity index (χ2n) is 6.90. The van der Waals surface area contributed by atoms with Crippen molar-refractivity contribution in [1.29, 1.82) is 0 Å². The van der Waals surface area contributed by atoms with Crippen molar-refractivity contribution in [2.24, 2.45) is 0 Å². The fraction of sp³-hybridized carbons (Fsp3) is 0.182. The van der Waals surface area contributed by atoms with E-state index >= 15 is 0 Å². The second-order valence-corrected chi connectivity index (χ2v) is 6.90. The zero-order valence-corrected chi connectivity index (χ0v) is 14.7. The van der Waals surface area contributed by atoms with Crippen molar-refractivity contribution >= 4 is 5.52 Å². The maximum atomic E-state index is 9.37. The Labute approximate surface area is 156 Å². The molecule has 1 aliphatic rings. The highest BCUT2D eigenvalue weighted by Crippen LogP contribution is 2.38. The van der Waals surface area contributed by atoms with Crippen molar-refractivity contribution in [1.82, 2.24) is 14.4 Å². The number of phenols is 1. The molecule has 0 amide bonds. The Morgan fingerprint density at radius 1 is 0.963 bits per heavy atom. The van der Waals surface area contributed by atoms with E-state index in [-0.39, 0.29) is 5.75 Å². The summed E-state index contributed by atoms with van der Waals surface area (Å²) in [6, 6.07) is 14.6. The molecule has 1 saturated carbocycles. The molecule has 2 aromatic heterocycles. The molecule has 1 fully saturated rings. The van der Waals surface area contributed by atoms with Crippen LogP contribution in [0.3, 0.4) is 0 Å². The van der Waals surface area contributed by atoms with Crippen LogP contribution < -0.4 is 4.74 Å². The molecule has 0 bridgehead atoms. The predicted octanol–water partition coefficient (Wildman–Crippen LogP) is 5.16. The van der Waals surface area contributed by atoms with Crippen molar-refractivity contribution < 1.29 is 9.84 Å². The van der Waals surface area contributed by atoms with E-state index in [1.165, 1.54) is 19.3 Å². The number of benzene rings is 2. The van der Waals surface area contributed by atoms with Gasteiger partial charge in [0.2, 0.25) is 0 Å². The summed E-state index contributed by atoms with van der Waals surface area (Å²) < 4.78 is 8.01. The van der Waals surface area contributed by atoms with E-state index in [2.05, 4.69) is 9.38 Å². The smallest absolute Gasteiger partial charge is 0.127 e. The lowest BCUT2D eigenvalue weighted by Gasteiger charge is -2.23. The van der Waals surface area contributed by atoms with E-state index in [0.717, 1.165) is 28.3 Å². The highest BCUT2D eigenvalue weighted by atomic mass is 16.5. The van der Waals surface area contributed by atoms with Gasteiger partial charge in [0, 0.05) is 23.9 Å². The fourth-order valence-corrected chi connectivity index (χ4v) is 3.46. The minimum atomic E-state index is 0.222. The molecule has 0 unspecified atom stereocenters. The van der Waals surface area contributed by atoms with E-state index < -0.39 is 0 Å². The molecular weight excluding hydrogens is 338 g/mol. The molecule has 4 aromatic rings. The molecule has 5 rings (SSSR count). The predicted molar refractivity (Wildman–Crippen MR) is 103 cm³/mol. The summed E-state index contributed by atoms with van der Waals surface area (Å²) >= 11 is 0. The quantitative estimate of drug-likeness (QED) is 0.548. The standard InChI is InChI=1S/C22H19N3O2/c26-17-6-10-19(11-7-17)27-18-8-4-15(5-9-18)21-20-14-23-12-13-25(20)22(24-21)16-2-1-3-16/h4-14,16,26H,1-3H2. The lowest BCUT2D eigenvalue weighted by atomic mass is 9.85. The molecule has 5 heteroatoms. The van der Waals surface area contributed by atoms with Crippen LogP contribution in [0.5, 0.6) is 17.2 Å². The van der Waals surface area contributed by atoms with Crippen molar-refractivity contribution in [3.05, 3.63) is 72.9 Å². The Morgan fingerprint density at radius 2 is 1.67 bits per heavy atom. The summed E-state index contributed by atoms with van der Waals surface area (Å²) in [5.41, 5.74) is 3.04. The van der Waals surface area contributed by atoms with E-state index in [1.54, 1.807) is 24.3 Å². The van der Waals surface area contributed by atoms with Gasteiger partial charge < -0.3 is 9.84 Å². The Balaban J connectivity index is 1.47. The van der Waals surface area contributed by atoms with Crippen molar-refractivity contribution in [2.45, 2.75) is 25.2 Å². The van der Waals surface area contributed by atoms with Crippen LogP contribution in [0, 0.1) is 0 Å². The summed E-state index contributed by atoms with van der Waals surface area (Å²) in [4.78, 5) is 9.25. The fourth-order valence-electron chi connectivity index (χ4n) is 3.46. The van der Waals surface area contributed by atoms with Gasteiger partial charge in [-0.15, -0.1) is 0 Å². The number of hydrogen-bond donors (Lipinski definition) is 1. The van der Waals surface area contributed by atoms with Gasteiger partial charge in [-0.25, -0.2) is 4.98 Å². The van der Waals surface area contributed by atoms with Crippen LogP contribution in [0.4, 0.5) is 0 Å².